The lowest BCUT2D eigenvalue weighted by atomic mass is 9.49. The fourth-order valence-electron chi connectivity index (χ4n) is 7.13. The van der Waals surface area contributed by atoms with Crippen molar-refractivity contribution in [2.24, 2.45) is 23.2 Å². The normalized spacial score (nSPS) is 32.3. The Morgan fingerprint density at radius 3 is 2.42 bits per heavy atom. The molecule has 4 bridgehead atoms. The van der Waals surface area contributed by atoms with Crippen LogP contribution in [0.4, 0.5) is 11.4 Å². The summed E-state index contributed by atoms with van der Waals surface area (Å²) < 4.78 is 5.36. The Bertz CT molecular complexity index is 1060. The highest BCUT2D eigenvalue weighted by molar-refractivity contribution is 8.00. The van der Waals surface area contributed by atoms with Crippen LogP contribution in [0, 0.1) is 23.2 Å². The van der Waals surface area contributed by atoms with Gasteiger partial charge in [0.1, 0.15) is 11.1 Å². The van der Waals surface area contributed by atoms with Gasteiger partial charge in [-0.1, -0.05) is 18.2 Å². The molecule has 5 aliphatic rings. The topological polar surface area (TPSA) is 58.6 Å². The standard InChI is InChI=1S/C27H30N2O3S/c1-32-23-7-3-6-22(12-23)29-24(30)16-33-25(29)20-4-2-5-21(11-20)28-26(31)27-13-17-8-18(14-27)10-19(9-17)15-27/h2-7,11-12,17-19,25H,8-10,13-16H2,1H3,(H,28,31)/t17?,18?,19?,25-,27?/m0/s1. The van der Waals surface area contributed by atoms with Gasteiger partial charge in [-0.15, -0.1) is 11.8 Å². The lowest BCUT2D eigenvalue weighted by molar-refractivity contribution is -0.140. The number of rotatable bonds is 5. The van der Waals surface area contributed by atoms with E-state index in [9.17, 15) is 9.59 Å². The number of thioether (sulfide) groups is 1. The van der Waals surface area contributed by atoms with Gasteiger partial charge in [0, 0.05) is 17.4 Å². The first-order chi connectivity index (χ1) is 16.0. The van der Waals surface area contributed by atoms with Gasteiger partial charge in [0.2, 0.25) is 11.8 Å². The first-order valence-electron chi connectivity index (χ1n) is 12.0. The summed E-state index contributed by atoms with van der Waals surface area (Å²) in [4.78, 5) is 28.1. The summed E-state index contributed by atoms with van der Waals surface area (Å²) in [5.74, 6) is 3.68. The van der Waals surface area contributed by atoms with Crippen molar-refractivity contribution in [3.63, 3.8) is 0 Å². The van der Waals surface area contributed by atoms with Crippen molar-refractivity contribution in [2.45, 2.75) is 43.9 Å². The van der Waals surface area contributed by atoms with Crippen LogP contribution in [0.5, 0.6) is 5.75 Å². The number of carbonyl (C=O) groups excluding carboxylic acids is 2. The second kappa shape index (κ2) is 8.08. The predicted octanol–water partition coefficient (Wildman–Crippen LogP) is 5.63. The van der Waals surface area contributed by atoms with Crippen LogP contribution < -0.4 is 15.0 Å². The molecule has 0 spiro atoms. The van der Waals surface area contributed by atoms with Gasteiger partial charge in [0.05, 0.1) is 18.3 Å². The van der Waals surface area contributed by atoms with E-state index in [0.29, 0.717) is 5.75 Å². The number of nitrogens with zero attached hydrogens (tertiary/aromatic N) is 1. The third kappa shape index (κ3) is 3.72. The number of ether oxygens (including phenoxy) is 1. The molecule has 0 radical (unpaired) electrons. The number of hydrogen-bond acceptors (Lipinski definition) is 4. The van der Waals surface area contributed by atoms with Crippen molar-refractivity contribution in [3.8, 4) is 5.75 Å². The van der Waals surface area contributed by atoms with Crippen LogP contribution in [0.3, 0.4) is 0 Å². The minimum atomic E-state index is -0.171. The SMILES string of the molecule is COc1cccc(N2C(=O)CS[C@H]2c2cccc(NC(=O)C34CC5CC(CC(C5)C3)C4)c2)c1. The number of carbonyl (C=O) groups is 2. The lowest BCUT2D eigenvalue weighted by Gasteiger charge is -2.55. The van der Waals surface area contributed by atoms with Gasteiger partial charge in [0.15, 0.2) is 0 Å². The molecule has 1 heterocycles. The van der Waals surface area contributed by atoms with Crippen molar-refractivity contribution in [3.05, 3.63) is 54.1 Å². The quantitative estimate of drug-likeness (QED) is 0.626. The van der Waals surface area contributed by atoms with E-state index in [4.69, 9.17) is 4.74 Å². The van der Waals surface area contributed by atoms with Gasteiger partial charge in [-0.2, -0.15) is 0 Å². The first-order valence-corrected chi connectivity index (χ1v) is 13.1. The maximum absolute atomic E-state index is 13.5. The third-order valence-electron chi connectivity index (χ3n) is 8.15. The van der Waals surface area contributed by atoms with E-state index < -0.39 is 0 Å². The summed E-state index contributed by atoms with van der Waals surface area (Å²) in [7, 11) is 1.63. The highest BCUT2D eigenvalue weighted by Crippen LogP contribution is 2.60. The minimum absolute atomic E-state index is 0.0845. The fourth-order valence-corrected chi connectivity index (χ4v) is 8.30. The Balaban J connectivity index is 1.24. The Hall–Kier alpha value is -2.47. The molecular formula is C27H30N2O3S. The largest absolute Gasteiger partial charge is 0.497 e. The highest BCUT2D eigenvalue weighted by Gasteiger charge is 2.54. The molecule has 6 heteroatoms. The molecule has 4 saturated carbocycles. The molecule has 4 aliphatic carbocycles. The summed E-state index contributed by atoms with van der Waals surface area (Å²) in [6, 6.07) is 15.7. The van der Waals surface area contributed by atoms with Crippen LogP contribution in [0.2, 0.25) is 0 Å². The van der Waals surface area contributed by atoms with Crippen molar-refractivity contribution in [1.82, 2.24) is 0 Å². The monoisotopic (exact) mass is 462 g/mol. The van der Waals surface area contributed by atoms with Crippen LogP contribution in [0.15, 0.2) is 48.5 Å². The van der Waals surface area contributed by atoms with Gasteiger partial charge < -0.3 is 10.1 Å². The van der Waals surface area contributed by atoms with Gasteiger partial charge in [-0.25, -0.2) is 0 Å². The van der Waals surface area contributed by atoms with Gasteiger partial charge in [-0.3, -0.25) is 14.5 Å². The molecule has 33 heavy (non-hydrogen) atoms. The van der Waals surface area contributed by atoms with Crippen molar-refractivity contribution < 1.29 is 14.3 Å². The summed E-state index contributed by atoms with van der Waals surface area (Å²) in [5, 5.41) is 3.15. The number of nitrogens with one attached hydrogen (secondary N) is 1. The molecule has 7 rings (SSSR count). The maximum Gasteiger partial charge on any atom is 0.238 e. The van der Waals surface area contributed by atoms with E-state index in [1.807, 2.05) is 53.4 Å². The summed E-state index contributed by atoms with van der Waals surface area (Å²) >= 11 is 1.62. The number of amides is 2. The minimum Gasteiger partial charge on any atom is -0.497 e. The molecule has 2 aromatic rings. The third-order valence-corrected chi connectivity index (χ3v) is 9.36. The molecule has 1 aliphatic heterocycles. The summed E-state index contributed by atoms with van der Waals surface area (Å²) in [5.41, 5.74) is 2.52. The molecule has 2 amide bonds. The van der Waals surface area contributed by atoms with Crippen molar-refractivity contribution >= 4 is 35.0 Å². The molecule has 1 atom stereocenters. The second-order valence-electron chi connectivity index (χ2n) is 10.4. The zero-order valence-corrected chi connectivity index (χ0v) is 19.8. The van der Waals surface area contributed by atoms with Crippen LogP contribution in [0.1, 0.15) is 49.5 Å². The molecule has 1 saturated heterocycles. The average molecular weight is 463 g/mol. The Labute approximate surface area is 199 Å². The van der Waals surface area contributed by atoms with Gasteiger partial charge in [0.25, 0.3) is 0 Å². The molecule has 0 aromatic heterocycles. The van der Waals surface area contributed by atoms with Gasteiger partial charge >= 0.3 is 0 Å². The second-order valence-corrected chi connectivity index (χ2v) is 11.5. The molecule has 2 aromatic carbocycles. The number of hydrogen-bond donors (Lipinski definition) is 1. The fraction of sp³-hybridized carbons (Fsp3) is 0.481. The van der Waals surface area contributed by atoms with E-state index in [-0.39, 0.29) is 22.6 Å². The summed E-state index contributed by atoms with van der Waals surface area (Å²) in [6.07, 6.45) is 7.16. The van der Waals surface area contributed by atoms with Crippen LogP contribution >= 0.6 is 11.8 Å². The number of methoxy groups -OCH3 is 1. The van der Waals surface area contributed by atoms with E-state index in [1.165, 1.54) is 19.3 Å². The smallest absolute Gasteiger partial charge is 0.238 e. The molecule has 5 nitrogen and oxygen atoms in total. The molecule has 0 unspecified atom stereocenters. The maximum atomic E-state index is 13.5. The van der Waals surface area contributed by atoms with E-state index in [2.05, 4.69) is 5.32 Å². The van der Waals surface area contributed by atoms with E-state index >= 15 is 0 Å². The zero-order chi connectivity index (χ0) is 22.6. The average Bonchev–Trinajstić information content (AvgIpc) is 3.20. The Morgan fingerprint density at radius 2 is 1.73 bits per heavy atom. The highest BCUT2D eigenvalue weighted by atomic mass is 32.2. The van der Waals surface area contributed by atoms with Crippen molar-refractivity contribution in [2.75, 3.05) is 23.1 Å². The molecular weight excluding hydrogens is 432 g/mol. The van der Waals surface area contributed by atoms with E-state index in [0.717, 1.165) is 59.7 Å². The van der Waals surface area contributed by atoms with Crippen LogP contribution in [0.25, 0.3) is 0 Å². The van der Waals surface area contributed by atoms with Gasteiger partial charge in [-0.05, 0) is 86.1 Å². The zero-order valence-electron chi connectivity index (χ0n) is 19.0. The van der Waals surface area contributed by atoms with Crippen molar-refractivity contribution in [1.29, 1.82) is 0 Å². The van der Waals surface area contributed by atoms with E-state index in [1.54, 1.807) is 18.9 Å². The lowest BCUT2D eigenvalue weighted by Crippen LogP contribution is -2.51. The summed E-state index contributed by atoms with van der Waals surface area (Å²) in [6.45, 7) is 0. The van der Waals surface area contributed by atoms with Crippen LogP contribution in [-0.4, -0.2) is 24.7 Å². The molecule has 5 fully saturated rings. The Morgan fingerprint density at radius 1 is 1.03 bits per heavy atom. The van der Waals surface area contributed by atoms with Crippen LogP contribution in [-0.2, 0) is 9.59 Å². The number of benzene rings is 2. The predicted molar refractivity (Wildman–Crippen MR) is 131 cm³/mol. The molecule has 1 N–H and O–H groups in total. The number of anilines is 2. The Kier molecular flexibility index (Phi) is 5.17. The first kappa shape index (κ1) is 21.1. The molecule has 172 valence electrons.